The lowest BCUT2D eigenvalue weighted by atomic mass is 9.72. The Bertz CT molecular complexity index is 1180. The average molecular weight is 451 g/mol. The average Bonchev–Trinajstić information content (AvgIpc) is 3.14. The molecule has 32 heavy (non-hydrogen) atoms. The molecule has 6 nitrogen and oxygen atoms in total. The zero-order valence-electron chi connectivity index (χ0n) is 19.3. The van der Waals surface area contributed by atoms with Crippen LogP contribution < -0.4 is 14.3 Å². The summed E-state index contributed by atoms with van der Waals surface area (Å²) in [6, 6.07) is 9.69. The largest absolute Gasteiger partial charge is 0.497 e. The zero-order valence-corrected chi connectivity index (χ0v) is 20.1. The maximum atomic E-state index is 5.69. The van der Waals surface area contributed by atoms with Gasteiger partial charge in [-0.1, -0.05) is 20.8 Å². The molecule has 1 fully saturated rings. The fraction of sp³-hybridized carbons (Fsp3) is 0.400. The molecule has 7 heteroatoms. The first kappa shape index (κ1) is 22.3. The number of nitrogens with zero attached hydrogens (tertiary/aromatic N) is 4. The molecule has 2 heterocycles. The molecular weight excluding hydrogens is 420 g/mol. The first-order chi connectivity index (χ1) is 15.4. The van der Waals surface area contributed by atoms with Crippen LogP contribution in [0.5, 0.6) is 11.5 Å². The van der Waals surface area contributed by atoms with Gasteiger partial charge in [0.15, 0.2) is 0 Å². The molecule has 0 bridgehead atoms. The van der Waals surface area contributed by atoms with E-state index in [1.807, 2.05) is 35.0 Å². The van der Waals surface area contributed by atoms with Crippen molar-refractivity contribution in [3.63, 3.8) is 0 Å². The molecule has 0 aliphatic heterocycles. The highest BCUT2D eigenvalue weighted by atomic mass is 32.1. The minimum atomic E-state index is 0.242. The van der Waals surface area contributed by atoms with E-state index in [-0.39, 0.29) is 5.41 Å². The third-order valence-corrected chi connectivity index (χ3v) is 6.47. The second-order valence-electron chi connectivity index (χ2n) is 9.13. The van der Waals surface area contributed by atoms with Gasteiger partial charge < -0.3 is 9.47 Å². The van der Waals surface area contributed by atoms with E-state index in [0.717, 1.165) is 46.1 Å². The van der Waals surface area contributed by atoms with Crippen LogP contribution in [0.2, 0.25) is 0 Å². The van der Waals surface area contributed by atoms with Crippen molar-refractivity contribution in [1.29, 1.82) is 0 Å². The lowest BCUT2D eigenvalue weighted by Crippen LogP contribution is -2.29. The summed E-state index contributed by atoms with van der Waals surface area (Å²) in [5, 5.41) is 7.24. The number of hydrogen-bond donors (Lipinski definition) is 0. The Labute approximate surface area is 193 Å². The van der Waals surface area contributed by atoms with E-state index in [1.54, 1.807) is 38.0 Å². The Morgan fingerprint density at radius 3 is 2.72 bits per heavy atom. The van der Waals surface area contributed by atoms with Crippen molar-refractivity contribution in [3.8, 4) is 22.8 Å². The topological polar surface area (TPSA) is 61.0 Å². The minimum Gasteiger partial charge on any atom is -0.497 e. The molecule has 1 aliphatic carbocycles. The van der Waals surface area contributed by atoms with Crippen molar-refractivity contribution < 1.29 is 9.47 Å². The monoisotopic (exact) mass is 450 g/mol. The number of pyridine rings is 1. The van der Waals surface area contributed by atoms with Gasteiger partial charge in [-0.05, 0) is 54.9 Å². The van der Waals surface area contributed by atoms with E-state index >= 15 is 0 Å². The highest BCUT2D eigenvalue weighted by Gasteiger charge is 2.30. The molecule has 2 aromatic heterocycles. The van der Waals surface area contributed by atoms with Gasteiger partial charge in [0.2, 0.25) is 4.80 Å². The molecule has 3 aromatic rings. The molecule has 1 atom stereocenters. The Morgan fingerprint density at radius 1 is 1.19 bits per heavy atom. The van der Waals surface area contributed by atoms with Gasteiger partial charge >= 0.3 is 0 Å². The van der Waals surface area contributed by atoms with E-state index < -0.39 is 0 Å². The summed E-state index contributed by atoms with van der Waals surface area (Å²) in [4.78, 5) is 9.84. The zero-order chi connectivity index (χ0) is 22.7. The molecule has 1 aliphatic rings. The number of benzene rings is 1. The van der Waals surface area contributed by atoms with E-state index in [1.165, 1.54) is 12.1 Å². The molecule has 0 saturated heterocycles. The minimum absolute atomic E-state index is 0.242. The van der Waals surface area contributed by atoms with Crippen LogP contribution in [0.4, 0.5) is 5.69 Å². The van der Waals surface area contributed by atoms with Crippen LogP contribution in [0.25, 0.3) is 11.3 Å². The number of rotatable bonds is 5. The van der Waals surface area contributed by atoms with Crippen LogP contribution in [0.3, 0.4) is 0 Å². The number of methoxy groups -OCH3 is 2. The maximum absolute atomic E-state index is 5.69. The van der Waals surface area contributed by atoms with E-state index in [9.17, 15) is 0 Å². The third kappa shape index (κ3) is 4.93. The van der Waals surface area contributed by atoms with Crippen LogP contribution in [0.1, 0.15) is 40.0 Å². The fourth-order valence-corrected chi connectivity index (χ4v) is 5.37. The Kier molecular flexibility index (Phi) is 6.46. The molecule has 0 amide bonds. The molecule has 0 spiro atoms. The van der Waals surface area contributed by atoms with Crippen molar-refractivity contribution in [1.82, 2.24) is 9.66 Å². The lowest BCUT2D eigenvalue weighted by molar-refractivity contribution is 0.265. The molecule has 1 saturated carbocycles. The highest BCUT2D eigenvalue weighted by molar-refractivity contribution is 7.07. The Hall–Kier alpha value is -2.93. The summed E-state index contributed by atoms with van der Waals surface area (Å²) in [6.07, 6.45) is 6.70. The molecule has 0 N–H and O–H groups in total. The van der Waals surface area contributed by atoms with Crippen molar-refractivity contribution >= 4 is 22.7 Å². The summed E-state index contributed by atoms with van der Waals surface area (Å²) in [7, 11) is 3.33. The van der Waals surface area contributed by atoms with E-state index in [0.29, 0.717) is 5.92 Å². The third-order valence-electron chi connectivity index (χ3n) is 5.65. The predicted octanol–water partition coefficient (Wildman–Crippen LogP) is 5.91. The summed E-state index contributed by atoms with van der Waals surface area (Å²) >= 11 is 1.56. The summed E-state index contributed by atoms with van der Waals surface area (Å²) < 4.78 is 13.0. The van der Waals surface area contributed by atoms with Crippen LogP contribution in [-0.4, -0.2) is 29.6 Å². The Morgan fingerprint density at radius 2 is 2.03 bits per heavy atom. The molecule has 1 unspecified atom stereocenters. The molecule has 0 radical (unpaired) electrons. The SMILES string of the molecule is COc1ccc(-c2csc(=Nc3cccnc3)n2N=C2CC(C)CC(C)(C)C2)c(OC)c1. The number of hydrogen-bond acceptors (Lipinski definition) is 6. The maximum Gasteiger partial charge on any atom is 0.211 e. The van der Waals surface area contributed by atoms with Gasteiger partial charge in [0.05, 0.1) is 31.8 Å². The summed E-state index contributed by atoms with van der Waals surface area (Å²) in [6.45, 7) is 6.96. The van der Waals surface area contributed by atoms with Gasteiger partial charge in [-0.3, -0.25) is 4.98 Å². The molecule has 168 valence electrons. The first-order valence-electron chi connectivity index (χ1n) is 10.8. The smallest absolute Gasteiger partial charge is 0.211 e. The van der Waals surface area contributed by atoms with Crippen LogP contribution in [-0.2, 0) is 0 Å². The second kappa shape index (κ2) is 9.28. The predicted molar refractivity (Wildman–Crippen MR) is 130 cm³/mol. The number of aromatic nitrogens is 2. The van der Waals surface area contributed by atoms with Gasteiger partial charge in [-0.2, -0.15) is 5.10 Å². The fourth-order valence-electron chi connectivity index (χ4n) is 4.53. The van der Waals surface area contributed by atoms with Crippen molar-refractivity contribution in [2.45, 2.75) is 40.0 Å². The summed E-state index contributed by atoms with van der Waals surface area (Å²) in [5.74, 6) is 2.10. The Balaban J connectivity index is 1.89. The highest BCUT2D eigenvalue weighted by Crippen LogP contribution is 2.38. The van der Waals surface area contributed by atoms with Crippen molar-refractivity contribution in [3.05, 3.63) is 52.9 Å². The number of thiazole rings is 1. The summed E-state index contributed by atoms with van der Waals surface area (Å²) in [5.41, 5.74) is 4.14. The van der Waals surface area contributed by atoms with Gasteiger partial charge in [0.1, 0.15) is 11.5 Å². The first-order valence-corrected chi connectivity index (χ1v) is 11.7. The normalized spacial score (nSPS) is 19.8. The quantitative estimate of drug-likeness (QED) is 0.485. The van der Waals surface area contributed by atoms with Gasteiger partial charge in [-0.25, -0.2) is 9.67 Å². The molecule has 1 aromatic carbocycles. The van der Waals surface area contributed by atoms with Crippen molar-refractivity contribution in [2.75, 3.05) is 14.2 Å². The second-order valence-corrected chi connectivity index (χ2v) is 9.96. The molecule has 4 rings (SSSR count). The van der Waals surface area contributed by atoms with E-state index in [4.69, 9.17) is 19.6 Å². The van der Waals surface area contributed by atoms with Crippen molar-refractivity contribution in [2.24, 2.45) is 21.4 Å². The van der Waals surface area contributed by atoms with Gasteiger partial charge in [0, 0.05) is 28.9 Å². The van der Waals surface area contributed by atoms with Crippen LogP contribution >= 0.6 is 11.3 Å². The van der Waals surface area contributed by atoms with Crippen LogP contribution in [0, 0.1) is 11.3 Å². The lowest BCUT2D eigenvalue weighted by Gasteiger charge is -2.34. The standard InChI is InChI=1S/C25H30N4O2S/c1-17-11-19(14-25(2,3)13-17)28-29-22(21-9-8-20(30-4)12-23(21)31-5)16-32-24(29)27-18-7-6-10-26-15-18/h6-10,12,15-17H,11,13-14H2,1-5H3. The number of ether oxygens (including phenoxy) is 2. The van der Waals surface area contributed by atoms with Gasteiger partial charge in [-0.15, -0.1) is 11.3 Å². The van der Waals surface area contributed by atoms with Gasteiger partial charge in [0.25, 0.3) is 0 Å². The van der Waals surface area contributed by atoms with Crippen LogP contribution in [0.15, 0.2) is 58.2 Å². The van der Waals surface area contributed by atoms with E-state index in [2.05, 4.69) is 31.1 Å². The molecular formula is C25H30N4O2S.